The maximum Gasteiger partial charge on any atom is 0.154 e. The van der Waals surface area contributed by atoms with Gasteiger partial charge in [0.15, 0.2) is 5.75 Å². The number of para-hydroxylation sites is 2. The second kappa shape index (κ2) is 9.05. The Morgan fingerprint density at radius 1 is 0.727 bits per heavy atom. The molecule has 5 rings (SSSR count). The van der Waals surface area contributed by atoms with Gasteiger partial charge in [-0.3, -0.25) is 0 Å². The number of allylic oxidation sites excluding steroid dienone is 3. The molecule has 0 fully saturated rings. The van der Waals surface area contributed by atoms with Gasteiger partial charge in [0.05, 0.1) is 5.69 Å². The molecule has 0 amide bonds. The second-order valence-corrected chi connectivity index (χ2v) is 7.93. The summed E-state index contributed by atoms with van der Waals surface area (Å²) in [4.78, 5) is 2.18. The Kier molecular flexibility index (Phi) is 5.65. The van der Waals surface area contributed by atoms with E-state index in [0.717, 1.165) is 35.0 Å². The third kappa shape index (κ3) is 3.99. The van der Waals surface area contributed by atoms with Crippen LogP contribution in [-0.4, -0.2) is 0 Å². The quantitative estimate of drug-likeness (QED) is 0.252. The molecule has 1 heterocycles. The molecule has 33 heavy (non-hydrogen) atoms. The van der Waals surface area contributed by atoms with Gasteiger partial charge in [0, 0.05) is 23.4 Å². The minimum Gasteiger partial charge on any atom is -0.455 e. The summed E-state index contributed by atoms with van der Waals surface area (Å²) in [5.41, 5.74) is 7.66. The van der Waals surface area contributed by atoms with Gasteiger partial charge in [-0.15, -0.1) is 0 Å². The van der Waals surface area contributed by atoms with Gasteiger partial charge in [0.1, 0.15) is 5.75 Å². The molecule has 0 bridgehead atoms. The zero-order chi connectivity index (χ0) is 22.6. The smallest absolute Gasteiger partial charge is 0.154 e. The first-order chi connectivity index (χ1) is 16.3. The third-order valence-electron chi connectivity index (χ3n) is 5.87. The van der Waals surface area contributed by atoms with E-state index in [1.165, 1.54) is 22.3 Å². The number of anilines is 2. The van der Waals surface area contributed by atoms with Gasteiger partial charge < -0.3 is 9.64 Å². The predicted octanol–water partition coefficient (Wildman–Crippen LogP) is 8.44. The molecule has 2 heteroatoms. The van der Waals surface area contributed by atoms with Crippen molar-refractivity contribution in [1.82, 2.24) is 0 Å². The van der Waals surface area contributed by atoms with Crippen molar-refractivity contribution in [2.75, 3.05) is 4.90 Å². The van der Waals surface area contributed by atoms with Crippen LogP contribution in [-0.2, 0) is 6.42 Å². The molecule has 0 aromatic heterocycles. The molecular formula is C31H25NO. The van der Waals surface area contributed by atoms with Crippen LogP contribution in [0.5, 0.6) is 11.5 Å². The van der Waals surface area contributed by atoms with E-state index in [1.807, 2.05) is 30.4 Å². The highest BCUT2D eigenvalue weighted by Crippen LogP contribution is 2.45. The standard InChI is InChI=1S/C31H25NO/c1-3-11-27(4-2)32(28-20-18-24(19-21-28)23-12-6-5-7-13-23)29-16-10-15-26-22-25-14-8-9-17-30(25)33-31(26)29/h3-21H,1-2,22H2/b27-11+. The zero-order valence-corrected chi connectivity index (χ0v) is 18.4. The number of hydrogen-bond acceptors (Lipinski definition) is 2. The Bertz CT molecular complexity index is 1330. The summed E-state index contributed by atoms with van der Waals surface area (Å²) in [6, 6.07) is 33.5. The Morgan fingerprint density at radius 2 is 1.42 bits per heavy atom. The van der Waals surface area contributed by atoms with Crippen molar-refractivity contribution < 1.29 is 4.74 Å². The molecule has 0 atom stereocenters. The molecule has 0 unspecified atom stereocenters. The Morgan fingerprint density at radius 3 is 2.18 bits per heavy atom. The largest absolute Gasteiger partial charge is 0.455 e. The van der Waals surface area contributed by atoms with E-state index in [-0.39, 0.29) is 0 Å². The topological polar surface area (TPSA) is 12.5 Å². The van der Waals surface area contributed by atoms with Crippen molar-refractivity contribution in [2.24, 2.45) is 0 Å². The molecular weight excluding hydrogens is 402 g/mol. The summed E-state index contributed by atoms with van der Waals surface area (Å²) >= 11 is 0. The van der Waals surface area contributed by atoms with Crippen LogP contribution in [0.2, 0.25) is 0 Å². The molecule has 1 aliphatic rings. The van der Waals surface area contributed by atoms with Gasteiger partial charge in [-0.25, -0.2) is 0 Å². The van der Waals surface area contributed by atoms with Crippen LogP contribution in [0.3, 0.4) is 0 Å². The zero-order valence-electron chi connectivity index (χ0n) is 18.4. The van der Waals surface area contributed by atoms with Crippen molar-refractivity contribution in [2.45, 2.75) is 6.42 Å². The average Bonchev–Trinajstić information content (AvgIpc) is 2.88. The van der Waals surface area contributed by atoms with Crippen LogP contribution in [0, 0.1) is 0 Å². The molecule has 4 aromatic carbocycles. The Hall–Kier alpha value is -4.30. The monoisotopic (exact) mass is 427 g/mol. The number of ether oxygens (including phenoxy) is 1. The SMILES string of the molecule is C=C/C=C(\C=C)N(c1ccc(-c2ccccc2)cc1)c1cccc2c1Oc1ccccc1C2. The van der Waals surface area contributed by atoms with Crippen LogP contribution < -0.4 is 9.64 Å². The second-order valence-electron chi connectivity index (χ2n) is 7.93. The van der Waals surface area contributed by atoms with Crippen LogP contribution >= 0.6 is 0 Å². The molecule has 0 N–H and O–H groups in total. The summed E-state index contributed by atoms with van der Waals surface area (Å²) in [6.07, 6.45) is 6.44. The highest BCUT2D eigenvalue weighted by molar-refractivity contribution is 5.79. The summed E-state index contributed by atoms with van der Waals surface area (Å²) < 4.78 is 6.45. The fraction of sp³-hybridized carbons (Fsp3) is 0.0323. The van der Waals surface area contributed by atoms with Gasteiger partial charge in [0.25, 0.3) is 0 Å². The summed E-state index contributed by atoms with van der Waals surface area (Å²) in [7, 11) is 0. The van der Waals surface area contributed by atoms with Crippen LogP contribution in [0.1, 0.15) is 11.1 Å². The molecule has 0 saturated carbocycles. The van der Waals surface area contributed by atoms with Crippen molar-refractivity contribution >= 4 is 11.4 Å². The molecule has 0 aliphatic carbocycles. The maximum absolute atomic E-state index is 6.45. The highest BCUT2D eigenvalue weighted by Gasteiger charge is 2.24. The molecule has 0 saturated heterocycles. The molecule has 0 spiro atoms. The van der Waals surface area contributed by atoms with Crippen LogP contribution in [0.25, 0.3) is 11.1 Å². The maximum atomic E-state index is 6.45. The summed E-state index contributed by atoms with van der Waals surface area (Å²) in [5.74, 6) is 1.78. The molecule has 160 valence electrons. The van der Waals surface area contributed by atoms with Gasteiger partial charge in [-0.05, 0) is 53.1 Å². The molecule has 1 aliphatic heterocycles. The van der Waals surface area contributed by atoms with Crippen molar-refractivity contribution in [3.63, 3.8) is 0 Å². The lowest BCUT2D eigenvalue weighted by Crippen LogP contribution is -2.17. The number of hydrogen-bond donors (Lipinski definition) is 0. The number of nitrogens with zero attached hydrogens (tertiary/aromatic N) is 1. The van der Waals surface area contributed by atoms with Gasteiger partial charge in [-0.2, -0.15) is 0 Å². The number of rotatable bonds is 6. The summed E-state index contributed by atoms with van der Waals surface area (Å²) in [6.45, 7) is 7.97. The normalized spacial score (nSPS) is 12.2. The van der Waals surface area contributed by atoms with Gasteiger partial charge >= 0.3 is 0 Å². The van der Waals surface area contributed by atoms with E-state index < -0.39 is 0 Å². The lowest BCUT2D eigenvalue weighted by atomic mass is 9.98. The van der Waals surface area contributed by atoms with E-state index in [4.69, 9.17) is 4.74 Å². The molecule has 2 nitrogen and oxygen atoms in total. The first kappa shape index (κ1) is 20.6. The fourth-order valence-electron chi connectivity index (χ4n) is 4.28. The number of benzene rings is 4. The van der Waals surface area contributed by atoms with E-state index in [1.54, 1.807) is 6.08 Å². The third-order valence-corrected chi connectivity index (χ3v) is 5.87. The molecule has 4 aromatic rings. The summed E-state index contributed by atoms with van der Waals surface area (Å²) in [5, 5.41) is 0. The lowest BCUT2D eigenvalue weighted by molar-refractivity contribution is 0.461. The van der Waals surface area contributed by atoms with E-state index in [0.29, 0.717) is 0 Å². The average molecular weight is 428 g/mol. The fourth-order valence-corrected chi connectivity index (χ4v) is 4.28. The van der Waals surface area contributed by atoms with E-state index >= 15 is 0 Å². The van der Waals surface area contributed by atoms with Crippen molar-refractivity contribution in [3.05, 3.63) is 145 Å². The van der Waals surface area contributed by atoms with Gasteiger partial charge in [-0.1, -0.05) is 92.0 Å². The Labute approximate surface area is 195 Å². The lowest BCUT2D eigenvalue weighted by Gasteiger charge is -2.31. The Balaban J connectivity index is 1.62. The van der Waals surface area contributed by atoms with Crippen molar-refractivity contribution in [1.29, 1.82) is 0 Å². The predicted molar refractivity (Wildman–Crippen MR) is 138 cm³/mol. The van der Waals surface area contributed by atoms with E-state index in [2.05, 4.69) is 96.9 Å². The first-order valence-electron chi connectivity index (χ1n) is 11.1. The minimum absolute atomic E-state index is 0.842. The van der Waals surface area contributed by atoms with Crippen LogP contribution in [0.4, 0.5) is 11.4 Å². The minimum atomic E-state index is 0.842. The molecule has 0 radical (unpaired) electrons. The number of fused-ring (bicyclic) bond motifs is 2. The highest BCUT2D eigenvalue weighted by atomic mass is 16.5. The van der Waals surface area contributed by atoms with Gasteiger partial charge in [0.2, 0.25) is 0 Å². The van der Waals surface area contributed by atoms with Crippen LogP contribution in [0.15, 0.2) is 134 Å². The van der Waals surface area contributed by atoms with E-state index in [9.17, 15) is 0 Å². The first-order valence-corrected chi connectivity index (χ1v) is 11.1. The van der Waals surface area contributed by atoms with Crippen molar-refractivity contribution in [3.8, 4) is 22.6 Å².